The second-order valence-electron chi connectivity index (χ2n) is 10.1. The number of carbonyl (C=O) groups excluding carboxylic acids is 2. The molecule has 0 fully saturated rings. The van der Waals surface area contributed by atoms with E-state index in [1.807, 2.05) is 0 Å². The van der Waals surface area contributed by atoms with Crippen molar-refractivity contribution in [2.75, 3.05) is 23.7 Å². The number of halogens is 5. The van der Waals surface area contributed by atoms with Gasteiger partial charge >= 0.3 is 12.1 Å². The van der Waals surface area contributed by atoms with Crippen molar-refractivity contribution in [1.29, 1.82) is 0 Å². The molecule has 2 aliphatic heterocycles. The number of aliphatic imine (C=N–C) groups is 1. The third kappa shape index (κ3) is 7.03. The summed E-state index contributed by atoms with van der Waals surface area (Å²) in [6, 6.07) is 15.0. The largest absolute Gasteiger partial charge is 0.481 e. The Morgan fingerprint density at radius 3 is 2.47 bits per heavy atom. The molecule has 14 heteroatoms. The Morgan fingerprint density at radius 2 is 1.81 bits per heavy atom. The van der Waals surface area contributed by atoms with Crippen molar-refractivity contribution in [3.05, 3.63) is 93.0 Å². The molecule has 9 nitrogen and oxygen atoms in total. The van der Waals surface area contributed by atoms with E-state index in [1.54, 1.807) is 42.5 Å². The summed E-state index contributed by atoms with van der Waals surface area (Å²) in [4.78, 5) is 43.5. The fraction of sp³-hybridized carbons (Fsp3) is 0.241. The van der Waals surface area contributed by atoms with Crippen LogP contribution in [0.1, 0.15) is 44.3 Å². The quantitative estimate of drug-likeness (QED) is 0.254. The number of anilines is 2. The molecule has 0 bridgehead atoms. The van der Waals surface area contributed by atoms with Crippen molar-refractivity contribution >= 4 is 58.3 Å². The van der Waals surface area contributed by atoms with Crippen molar-refractivity contribution in [2.45, 2.75) is 25.2 Å². The number of carboxylic acids is 1. The zero-order valence-corrected chi connectivity index (χ0v) is 23.7. The molecule has 2 heterocycles. The van der Waals surface area contributed by atoms with E-state index in [4.69, 9.17) is 23.2 Å². The van der Waals surface area contributed by atoms with Crippen LogP contribution in [0.25, 0.3) is 0 Å². The first-order valence-corrected chi connectivity index (χ1v) is 13.8. The molecule has 3 aromatic rings. The Kier molecular flexibility index (Phi) is 8.52. The third-order valence-electron chi connectivity index (χ3n) is 7.05. The average Bonchev–Trinajstić information content (AvgIpc) is 3.26. The molecular weight excluding hydrogens is 610 g/mol. The summed E-state index contributed by atoms with van der Waals surface area (Å²) in [5, 5.41) is 18.4. The summed E-state index contributed by atoms with van der Waals surface area (Å²) in [7, 11) is 0. The molecule has 3 aromatic carbocycles. The summed E-state index contributed by atoms with van der Waals surface area (Å²) in [6.45, 7) is -0.564. The standard InChI is InChI=1S/C29H24Cl2F3N5O4/c30-19-6-17(7-20(31)9-19)24(11-25(40)41)39-14-16-4-5-22(10-23(16)27(39)43)37-26(42)15-2-1-3-21(8-15)38-28-35-12-18(13-36-28)29(32,33)34/h1-10,18,24H,11-14H2,(H,37,42)(H,40,41)(H2,35,36,38). The second kappa shape index (κ2) is 12.1. The first-order chi connectivity index (χ1) is 20.4. The van der Waals surface area contributed by atoms with Crippen LogP contribution in [0.4, 0.5) is 24.5 Å². The zero-order chi connectivity index (χ0) is 30.9. The lowest BCUT2D eigenvalue weighted by Crippen LogP contribution is -2.45. The summed E-state index contributed by atoms with van der Waals surface area (Å²) in [5.41, 5.74) is 2.49. The Labute approximate surface area is 253 Å². The fourth-order valence-electron chi connectivity index (χ4n) is 4.92. The number of alkyl halides is 3. The van der Waals surface area contributed by atoms with Crippen molar-refractivity contribution in [1.82, 2.24) is 10.2 Å². The number of benzene rings is 3. The van der Waals surface area contributed by atoms with Crippen LogP contribution in [-0.4, -0.2) is 53.0 Å². The number of carbonyl (C=O) groups is 3. The Balaban J connectivity index is 1.29. The van der Waals surface area contributed by atoms with Crippen LogP contribution in [0, 0.1) is 5.92 Å². The zero-order valence-electron chi connectivity index (χ0n) is 22.2. The molecule has 43 heavy (non-hydrogen) atoms. The van der Waals surface area contributed by atoms with Crippen LogP contribution in [0.5, 0.6) is 0 Å². The molecular formula is C29H24Cl2F3N5O4. The van der Waals surface area contributed by atoms with Gasteiger partial charge in [0, 0.05) is 45.6 Å². The number of hydrogen-bond donors (Lipinski definition) is 4. The van der Waals surface area contributed by atoms with Crippen LogP contribution in [-0.2, 0) is 11.3 Å². The number of rotatable bonds is 7. The van der Waals surface area contributed by atoms with Crippen LogP contribution >= 0.6 is 23.2 Å². The Bertz CT molecular complexity index is 1610. The summed E-state index contributed by atoms with van der Waals surface area (Å²) in [6.07, 6.45) is -4.71. The van der Waals surface area contributed by atoms with E-state index in [9.17, 15) is 32.7 Å². The van der Waals surface area contributed by atoms with Gasteiger partial charge in [-0.25, -0.2) is 0 Å². The SMILES string of the molecule is O=C(O)CC(c1cc(Cl)cc(Cl)c1)N1Cc2ccc(NC(=O)c3cccc(NC4=NCC(C(F)(F)F)CN4)c3)cc2C1=O. The van der Waals surface area contributed by atoms with Crippen LogP contribution in [0.2, 0.25) is 10.0 Å². The third-order valence-corrected chi connectivity index (χ3v) is 7.49. The Morgan fingerprint density at radius 1 is 1.07 bits per heavy atom. The number of guanidine groups is 1. The van der Waals surface area contributed by atoms with Gasteiger partial charge < -0.3 is 26.0 Å². The first-order valence-electron chi connectivity index (χ1n) is 13.0. The molecule has 0 radical (unpaired) electrons. The van der Waals surface area contributed by atoms with Gasteiger partial charge in [-0.15, -0.1) is 0 Å². The van der Waals surface area contributed by atoms with Crippen LogP contribution in [0.15, 0.2) is 65.7 Å². The van der Waals surface area contributed by atoms with E-state index in [0.717, 1.165) is 0 Å². The summed E-state index contributed by atoms with van der Waals surface area (Å²) < 4.78 is 38.6. The number of nitrogens with zero attached hydrogens (tertiary/aromatic N) is 2. The molecule has 2 aliphatic rings. The lowest BCUT2D eigenvalue weighted by atomic mass is 10.0. The number of aliphatic carboxylic acids is 1. The van der Waals surface area contributed by atoms with E-state index in [0.29, 0.717) is 38.1 Å². The first kappa shape index (κ1) is 30.2. The van der Waals surface area contributed by atoms with E-state index >= 15 is 0 Å². The predicted octanol–water partition coefficient (Wildman–Crippen LogP) is 5.97. The van der Waals surface area contributed by atoms with E-state index in [1.165, 1.54) is 23.1 Å². The van der Waals surface area contributed by atoms with E-state index in [-0.39, 0.29) is 31.0 Å². The number of hydrogen-bond acceptors (Lipinski definition) is 6. The molecule has 0 saturated carbocycles. The van der Waals surface area contributed by atoms with Gasteiger partial charge in [-0.05, 0) is 59.7 Å². The summed E-state index contributed by atoms with van der Waals surface area (Å²) in [5.74, 6) is -3.40. The number of amides is 2. The molecule has 0 aromatic heterocycles. The Hall–Kier alpha value is -4.29. The minimum absolute atomic E-state index is 0.153. The molecule has 0 aliphatic carbocycles. The maximum Gasteiger partial charge on any atom is 0.395 e. The molecule has 2 atom stereocenters. The van der Waals surface area contributed by atoms with Crippen molar-refractivity contribution in [2.24, 2.45) is 10.9 Å². The molecule has 2 unspecified atom stereocenters. The lowest BCUT2D eigenvalue weighted by molar-refractivity contribution is -0.170. The highest BCUT2D eigenvalue weighted by atomic mass is 35.5. The molecule has 224 valence electrons. The van der Waals surface area contributed by atoms with Crippen molar-refractivity contribution in [3.8, 4) is 0 Å². The van der Waals surface area contributed by atoms with Gasteiger partial charge in [0.1, 0.15) is 0 Å². The van der Waals surface area contributed by atoms with Crippen molar-refractivity contribution < 1.29 is 32.7 Å². The summed E-state index contributed by atoms with van der Waals surface area (Å²) >= 11 is 12.3. The van der Waals surface area contributed by atoms with Gasteiger partial charge in [-0.2, -0.15) is 13.2 Å². The number of fused-ring (bicyclic) bond motifs is 1. The van der Waals surface area contributed by atoms with Gasteiger partial charge in [0.15, 0.2) is 5.96 Å². The van der Waals surface area contributed by atoms with Gasteiger partial charge in [-0.1, -0.05) is 35.3 Å². The van der Waals surface area contributed by atoms with Crippen LogP contribution < -0.4 is 16.0 Å². The van der Waals surface area contributed by atoms with Crippen molar-refractivity contribution in [3.63, 3.8) is 0 Å². The van der Waals surface area contributed by atoms with Crippen LogP contribution in [0.3, 0.4) is 0 Å². The van der Waals surface area contributed by atoms with Gasteiger partial charge in [0.2, 0.25) is 0 Å². The highest BCUT2D eigenvalue weighted by molar-refractivity contribution is 6.34. The maximum absolute atomic E-state index is 13.4. The average molecular weight is 634 g/mol. The number of nitrogens with one attached hydrogen (secondary N) is 3. The second-order valence-corrected chi connectivity index (χ2v) is 11.0. The molecule has 4 N–H and O–H groups in total. The highest BCUT2D eigenvalue weighted by Crippen LogP contribution is 2.36. The molecule has 0 spiro atoms. The number of carboxylic acid groups (broad SMARTS) is 1. The predicted molar refractivity (Wildman–Crippen MR) is 156 cm³/mol. The molecule has 2 amide bonds. The maximum atomic E-state index is 13.4. The van der Waals surface area contributed by atoms with Gasteiger partial charge in [0.25, 0.3) is 11.8 Å². The van der Waals surface area contributed by atoms with Gasteiger partial charge in [0.05, 0.1) is 24.9 Å². The van der Waals surface area contributed by atoms with E-state index < -0.39 is 42.5 Å². The topological polar surface area (TPSA) is 123 Å². The normalized spacial score (nSPS) is 17.0. The lowest BCUT2D eigenvalue weighted by Gasteiger charge is -2.27. The minimum Gasteiger partial charge on any atom is -0.481 e. The molecule has 0 saturated heterocycles. The highest BCUT2D eigenvalue weighted by Gasteiger charge is 2.40. The smallest absolute Gasteiger partial charge is 0.395 e. The van der Waals surface area contributed by atoms with Gasteiger partial charge in [-0.3, -0.25) is 19.4 Å². The molecule has 5 rings (SSSR count). The minimum atomic E-state index is -4.34. The fourth-order valence-corrected chi connectivity index (χ4v) is 5.46. The van der Waals surface area contributed by atoms with E-state index in [2.05, 4.69) is 20.9 Å². The monoisotopic (exact) mass is 633 g/mol.